The van der Waals surface area contributed by atoms with Crippen molar-refractivity contribution in [3.63, 3.8) is 0 Å². The van der Waals surface area contributed by atoms with Crippen LogP contribution >= 0.6 is 0 Å². The third-order valence-electron chi connectivity index (χ3n) is 2.19. The van der Waals surface area contributed by atoms with E-state index in [1.807, 2.05) is 0 Å². The average Bonchev–Trinajstić information content (AvgIpc) is 1.96. The number of carbonyl (C=O) groups excluding carboxylic acids is 2. The summed E-state index contributed by atoms with van der Waals surface area (Å²) in [5.41, 5.74) is -0.806. The Hall–Kier alpha value is -1.39. The van der Waals surface area contributed by atoms with Crippen LogP contribution in [0.25, 0.3) is 0 Å². The molecule has 0 bridgehead atoms. The van der Waals surface area contributed by atoms with Crippen LogP contribution in [0.5, 0.6) is 0 Å². The van der Waals surface area contributed by atoms with Gasteiger partial charge in [-0.25, -0.2) is 0 Å². The fraction of sp³-hybridized carbons (Fsp3) is 0.625. The molecule has 1 aliphatic rings. The molecule has 0 aromatic carbocycles. The Morgan fingerprint density at radius 3 is 2.54 bits per heavy atom. The van der Waals surface area contributed by atoms with Gasteiger partial charge in [-0.15, -0.1) is 0 Å². The fourth-order valence-corrected chi connectivity index (χ4v) is 1.32. The molecule has 0 atom stereocenters. The number of amides is 2. The number of amidine groups is 1. The van der Waals surface area contributed by atoms with Crippen molar-refractivity contribution >= 4 is 17.6 Å². The molecule has 1 fully saturated rings. The first-order chi connectivity index (χ1) is 5.85. The average molecular weight is 183 g/mol. The highest BCUT2D eigenvalue weighted by Crippen LogP contribution is 2.17. The van der Waals surface area contributed by atoms with Gasteiger partial charge in [0.1, 0.15) is 5.54 Å². The molecule has 5 nitrogen and oxygen atoms in total. The quantitative estimate of drug-likeness (QED) is 0.308. The highest BCUT2D eigenvalue weighted by Gasteiger charge is 2.40. The second-order valence-electron chi connectivity index (χ2n) is 3.61. The maximum atomic E-state index is 11.4. The lowest BCUT2D eigenvalue weighted by molar-refractivity contribution is -0.141. The molecular formula is C8H13N3O2. The van der Waals surface area contributed by atoms with Crippen molar-refractivity contribution < 1.29 is 9.59 Å². The zero-order valence-corrected chi connectivity index (χ0v) is 7.97. The normalized spacial score (nSPS) is 21.3. The first kappa shape index (κ1) is 9.70. The van der Waals surface area contributed by atoms with Crippen molar-refractivity contribution in [2.24, 2.45) is 0 Å². The number of hydrogen-bond acceptors (Lipinski definition) is 3. The molecule has 0 radical (unpaired) electrons. The van der Waals surface area contributed by atoms with Gasteiger partial charge in [-0.2, -0.15) is 0 Å². The summed E-state index contributed by atoms with van der Waals surface area (Å²) in [6, 6.07) is 0. The molecule has 0 aliphatic carbocycles. The van der Waals surface area contributed by atoms with Gasteiger partial charge < -0.3 is 4.90 Å². The van der Waals surface area contributed by atoms with E-state index in [0.29, 0.717) is 0 Å². The van der Waals surface area contributed by atoms with Gasteiger partial charge in [-0.3, -0.25) is 20.3 Å². The minimum absolute atomic E-state index is 0.0775. The maximum absolute atomic E-state index is 11.4. The Balaban J connectivity index is 2.98. The Morgan fingerprint density at radius 2 is 2.08 bits per heavy atom. The third-order valence-corrected chi connectivity index (χ3v) is 2.19. The molecule has 1 rings (SSSR count). The number of imide groups is 1. The molecule has 0 unspecified atom stereocenters. The number of nitrogens with zero attached hydrogens (tertiary/aromatic N) is 1. The molecule has 2 N–H and O–H groups in total. The first-order valence-corrected chi connectivity index (χ1v) is 4.03. The molecule has 1 heterocycles. The highest BCUT2D eigenvalue weighted by atomic mass is 16.2. The Morgan fingerprint density at radius 1 is 1.54 bits per heavy atom. The van der Waals surface area contributed by atoms with Crippen LogP contribution in [0.1, 0.15) is 20.8 Å². The number of nitrogens with one attached hydrogen (secondary N) is 2. The molecule has 2 amide bonds. The summed E-state index contributed by atoms with van der Waals surface area (Å²) in [6.45, 7) is 5.02. The molecule has 0 aromatic rings. The standard InChI is InChI=1S/C8H13N3O2/c1-5(9)11-4-6(12)10-7(13)8(11,2)3/h9H,4H2,1-3H3,(H,10,12,13). The van der Waals surface area contributed by atoms with Gasteiger partial charge in [0.05, 0.1) is 12.4 Å². The van der Waals surface area contributed by atoms with Gasteiger partial charge in [0.2, 0.25) is 5.91 Å². The van der Waals surface area contributed by atoms with E-state index >= 15 is 0 Å². The highest BCUT2D eigenvalue weighted by molar-refractivity contribution is 6.06. The van der Waals surface area contributed by atoms with Gasteiger partial charge in [0.25, 0.3) is 5.91 Å². The van der Waals surface area contributed by atoms with Gasteiger partial charge in [0, 0.05) is 0 Å². The van der Waals surface area contributed by atoms with Crippen molar-refractivity contribution in [2.45, 2.75) is 26.3 Å². The zero-order valence-electron chi connectivity index (χ0n) is 7.97. The molecule has 72 valence electrons. The SMILES string of the molecule is CC(=N)N1CC(=O)NC(=O)C1(C)C. The van der Waals surface area contributed by atoms with Crippen molar-refractivity contribution in [2.75, 3.05) is 6.54 Å². The molecule has 5 heteroatoms. The first-order valence-electron chi connectivity index (χ1n) is 4.03. The Labute approximate surface area is 76.6 Å². The van der Waals surface area contributed by atoms with Crippen LogP contribution in [0.2, 0.25) is 0 Å². The van der Waals surface area contributed by atoms with Crippen LogP contribution in [-0.4, -0.2) is 34.6 Å². The van der Waals surface area contributed by atoms with Gasteiger partial charge in [0.15, 0.2) is 0 Å². The minimum atomic E-state index is -0.806. The van der Waals surface area contributed by atoms with Crippen LogP contribution in [-0.2, 0) is 9.59 Å². The van der Waals surface area contributed by atoms with Crippen LogP contribution < -0.4 is 5.32 Å². The second kappa shape index (κ2) is 2.83. The second-order valence-corrected chi connectivity index (χ2v) is 3.61. The number of piperazine rings is 1. The smallest absolute Gasteiger partial charge is 0.251 e. The third kappa shape index (κ3) is 1.54. The Kier molecular flexibility index (Phi) is 2.11. The number of rotatable bonds is 0. The fourth-order valence-electron chi connectivity index (χ4n) is 1.32. The summed E-state index contributed by atoms with van der Waals surface area (Å²) in [5, 5.41) is 9.66. The van der Waals surface area contributed by atoms with Crippen molar-refractivity contribution in [1.82, 2.24) is 10.2 Å². The molecule has 13 heavy (non-hydrogen) atoms. The van der Waals surface area contributed by atoms with Crippen molar-refractivity contribution in [1.29, 1.82) is 5.41 Å². The van der Waals surface area contributed by atoms with E-state index in [0.717, 1.165) is 0 Å². The summed E-state index contributed by atoms with van der Waals surface area (Å²) in [4.78, 5) is 23.9. The van der Waals surface area contributed by atoms with E-state index in [-0.39, 0.29) is 24.2 Å². The summed E-state index contributed by atoms with van der Waals surface area (Å²) >= 11 is 0. The van der Waals surface area contributed by atoms with Crippen molar-refractivity contribution in [3.05, 3.63) is 0 Å². The summed E-state index contributed by atoms with van der Waals surface area (Å²) in [6.07, 6.45) is 0. The van der Waals surface area contributed by atoms with Crippen LogP contribution in [0.3, 0.4) is 0 Å². The summed E-state index contributed by atoms with van der Waals surface area (Å²) in [7, 11) is 0. The van der Waals surface area contributed by atoms with E-state index < -0.39 is 5.54 Å². The van der Waals surface area contributed by atoms with Gasteiger partial charge in [-0.05, 0) is 20.8 Å². The van der Waals surface area contributed by atoms with E-state index in [4.69, 9.17) is 5.41 Å². The van der Waals surface area contributed by atoms with Crippen LogP contribution in [0.15, 0.2) is 0 Å². The monoisotopic (exact) mass is 183 g/mol. The summed E-state index contributed by atoms with van der Waals surface area (Å²) in [5.74, 6) is -0.473. The molecule has 1 aliphatic heterocycles. The van der Waals surface area contributed by atoms with E-state index in [1.165, 1.54) is 4.90 Å². The van der Waals surface area contributed by atoms with E-state index in [1.54, 1.807) is 20.8 Å². The minimum Gasteiger partial charge on any atom is -0.337 e. The largest absolute Gasteiger partial charge is 0.337 e. The number of hydrogen-bond donors (Lipinski definition) is 2. The lowest BCUT2D eigenvalue weighted by Gasteiger charge is -2.40. The maximum Gasteiger partial charge on any atom is 0.251 e. The molecule has 0 saturated carbocycles. The molecule has 0 aromatic heterocycles. The lowest BCUT2D eigenvalue weighted by Crippen LogP contribution is -2.65. The van der Waals surface area contributed by atoms with Crippen molar-refractivity contribution in [3.8, 4) is 0 Å². The number of carbonyl (C=O) groups is 2. The van der Waals surface area contributed by atoms with Gasteiger partial charge in [-0.1, -0.05) is 0 Å². The topological polar surface area (TPSA) is 73.3 Å². The van der Waals surface area contributed by atoms with E-state index in [2.05, 4.69) is 5.32 Å². The summed E-state index contributed by atoms with van der Waals surface area (Å²) < 4.78 is 0. The predicted octanol–water partition coefficient (Wildman–Crippen LogP) is -0.279. The molecular weight excluding hydrogens is 170 g/mol. The predicted molar refractivity (Wildman–Crippen MR) is 47.3 cm³/mol. The lowest BCUT2D eigenvalue weighted by atomic mass is 9.99. The zero-order chi connectivity index (χ0) is 10.2. The van der Waals surface area contributed by atoms with Crippen LogP contribution in [0, 0.1) is 5.41 Å². The Bertz CT molecular complexity index is 283. The van der Waals surface area contributed by atoms with Gasteiger partial charge >= 0.3 is 0 Å². The molecule has 0 spiro atoms. The van der Waals surface area contributed by atoms with Crippen LogP contribution in [0.4, 0.5) is 0 Å². The van der Waals surface area contributed by atoms with E-state index in [9.17, 15) is 9.59 Å². The molecule has 1 saturated heterocycles.